The van der Waals surface area contributed by atoms with Crippen molar-refractivity contribution in [3.05, 3.63) is 99.7 Å². The lowest BCUT2D eigenvalue weighted by Gasteiger charge is -2.16. The van der Waals surface area contributed by atoms with Gasteiger partial charge < -0.3 is 0 Å². The van der Waals surface area contributed by atoms with Crippen LogP contribution in [0.1, 0.15) is 11.3 Å². The van der Waals surface area contributed by atoms with E-state index in [0.29, 0.717) is 16.6 Å². The van der Waals surface area contributed by atoms with Gasteiger partial charge in [-0.3, -0.25) is 4.68 Å². The minimum atomic E-state index is 0.546. The van der Waals surface area contributed by atoms with Crippen molar-refractivity contribution in [1.29, 1.82) is 0 Å². The van der Waals surface area contributed by atoms with E-state index in [4.69, 9.17) is 28.2 Å². The summed E-state index contributed by atoms with van der Waals surface area (Å²) in [6.07, 6.45) is 3.66. The van der Waals surface area contributed by atoms with Gasteiger partial charge in [-0.1, -0.05) is 57.3 Å². The van der Waals surface area contributed by atoms with Gasteiger partial charge in [0.2, 0.25) is 0 Å². The lowest BCUT2D eigenvalue weighted by Crippen LogP contribution is -2.06. The first-order valence-corrected chi connectivity index (χ1v) is 10.1. The van der Waals surface area contributed by atoms with Gasteiger partial charge in [0, 0.05) is 43.6 Å². The molecule has 4 rings (SSSR count). The highest BCUT2D eigenvalue weighted by molar-refractivity contribution is 9.10. The molecular formula is C22H15BrCl2N3. The Hall–Kier alpha value is -2.14. The molecule has 28 heavy (non-hydrogen) atoms. The Morgan fingerprint density at radius 1 is 1.00 bits per heavy atom. The molecule has 0 N–H and O–H groups in total. The molecule has 0 atom stereocenters. The Morgan fingerprint density at radius 3 is 2.46 bits per heavy atom. The number of benzene rings is 2. The van der Waals surface area contributed by atoms with E-state index in [9.17, 15) is 0 Å². The average molecular weight is 472 g/mol. The third-order valence-corrected chi connectivity index (χ3v) is 5.48. The van der Waals surface area contributed by atoms with E-state index in [2.05, 4.69) is 28.0 Å². The fourth-order valence-electron chi connectivity index (χ4n) is 3.02. The van der Waals surface area contributed by atoms with Crippen LogP contribution in [0.3, 0.4) is 0 Å². The normalized spacial score (nSPS) is 11.0. The molecule has 0 aliphatic carbocycles. The molecule has 4 aromatic rings. The molecule has 0 aliphatic rings. The number of aromatic nitrogens is 3. The van der Waals surface area contributed by atoms with Crippen LogP contribution < -0.4 is 0 Å². The van der Waals surface area contributed by atoms with Crippen LogP contribution in [0.2, 0.25) is 10.0 Å². The van der Waals surface area contributed by atoms with Crippen LogP contribution in [0.15, 0.2) is 71.5 Å². The number of rotatable bonds is 4. The van der Waals surface area contributed by atoms with E-state index < -0.39 is 0 Å². The summed E-state index contributed by atoms with van der Waals surface area (Å²) in [4.78, 5) is 4.96. The van der Waals surface area contributed by atoms with E-state index in [-0.39, 0.29) is 0 Å². The predicted molar refractivity (Wildman–Crippen MR) is 119 cm³/mol. The second-order valence-electron chi connectivity index (χ2n) is 6.33. The van der Waals surface area contributed by atoms with Gasteiger partial charge in [0.1, 0.15) is 0 Å². The van der Waals surface area contributed by atoms with E-state index in [1.54, 1.807) is 12.3 Å². The number of pyridine rings is 1. The van der Waals surface area contributed by atoms with Crippen molar-refractivity contribution in [2.75, 3.05) is 0 Å². The molecule has 0 saturated carbocycles. The Kier molecular flexibility index (Phi) is 5.54. The van der Waals surface area contributed by atoms with Crippen LogP contribution in [0.25, 0.3) is 22.4 Å². The summed E-state index contributed by atoms with van der Waals surface area (Å²) in [5.74, 6) is 0. The lowest BCUT2D eigenvalue weighted by molar-refractivity contribution is 0.671. The van der Waals surface area contributed by atoms with Gasteiger partial charge in [0.15, 0.2) is 0 Å². The van der Waals surface area contributed by atoms with Crippen molar-refractivity contribution in [2.45, 2.75) is 6.54 Å². The standard InChI is InChI=1S/C22H15BrCl2N3/c1-14-11-19(18-8-7-17(24)12-20(18)25)22(15-3-5-16(23)6-4-15)27-21(14)13-28-10-2-9-26-28/h2-12H,1,13H2. The molecule has 1 radical (unpaired) electrons. The van der Waals surface area contributed by atoms with Crippen molar-refractivity contribution in [3.63, 3.8) is 0 Å². The summed E-state index contributed by atoms with van der Waals surface area (Å²) in [5.41, 5.74) is 5.30. The fraction of sp³-hybridized carbons (Fsp3) is 0.0455. The van der Waals surface area contributed by atoms with Gasteiger partial charge in [-0.05, 0) is 48.9 Å². The topological polar surface area (TPSA) is 30.7 Å². The van der Waals surface area contributed by atoms with Crippen LogP contribution in [-0.2, 0) is 6.54 Å². The monoisotopic (exact) mass is 470 g/mol. The highest BCUT2D eigenvalue weighted by atomic mass is 79.9. The predicted octanol–water partition coefficient (Wildman–Crippen LogP) is 6.91. The number of hydrogen-bond donors (Lipinski definition) is 0. The van der Waals surface area contributed by atoms with Crippen LogP contribution in [-0.4, -0.2) is 14.8 Å². The minimum Gasteiger partial charge on any atom is -0.267 e. The third-order valence-electron chi connectivity index (χ3n) is 4.40. The number of hydrogen-bond acceptors (Lipinski definition) is 2. The zero-order valence-electron chi connectivity index (χ0n) is 14.7. The molecule has 0 fully saturated rings. The number of nitrogens with zero attached hydrogens (tertiary/aromatic N) is 3. The van der Waals surface area contributed by atoms with E-state index in [0.717, 1.165) is 38.1 Å². The second-order valence-corrected chi connectivity index (χ2v) is 8.08. The minimum absolute atomic E-state index is 0.546. The first-order chi connectivity index (χ1) is 13.5. The molecule has 6 heteroatoms. The molecule has 0 saturated heterocycles. The van der Waals surface area contributed by atoms with Crippen LogP contribution in [0.5, 0.6) is 0 Å². The summed E-state index contributed by atoms with van der Waals surface area (Å²) in [6, 6.07) is 17.4. The Labute approximate surface area is 182 Å². The molecule has 0 bridgehead atoms. The van der Waals surface area contributed by atoms with Crippen molar-refractivity contribution in [2.24, 2.45) is 0 Å². The van der Waals surface area contributed by atoms with Gasteiger partial charge >= 0.3 is 0 Å². The number of halogens is 3. The molecule has 0 amide bonds. The first kappa shape index (κ1) is 19.2. The Morgan fingerprint density at radius 2 is 1.79 bits per heavy atom. The van der Waals surface area contributed by atoms with Crippen molar-refractivity contribution < 1.29 is 0 Å². The van der Waals surface area contributed by atoms with Crippen LogP contribution >= 0.6 is 39.1 Å². The molecular weight excluding hydrogens is 457 g/mol. The van der Waals surface area contributed by atoms with Gasteiger partial charge in [-0.15, -0.1) is 0 Å². The molecule has 2 aromatic heterocycles. The molecule has 2 aromatic carbocycles. The smallest absolute Gasteiger partial charge is 0.0834 e. The fourth-order valence-corrected chi connectivity index (χ4v) is 3.79. The van der Waals surface area contributed by atoms with Gasteiger partial charge in [0.25, 0.3) is 0 Å². The summed E-state index contributed by atoms with van der Waals surface area (Å²) in [7, 11) is 0. The lowest BCUT2D eigenvalue weighted by atomic mass is 9.96. The molecule has 0 aliphatic heterocycles. The zero-order valence-corrected chi connectivity index (χ0v) is 17.8. The van der Waals surface area contributed by atoms with E-state index in [1.165, 1.54) is 0 Å². The summed E-state index contributed by atoms with van der Waals surface area (Å²) in [6.45, 7) is 4.75. The highest BCUT2D eigenvalue weighted by Crippen LogP contribution is 2.37. The van der Waals surface area contributed by atoms with Gasteiger partial charge in [-0.25, -0.2) is 4.98 Å². The van der Waals surface area contributed by atoms with Crippen molar-refractivity contribution in [1.82, 2.24) is 14.8 Å². The molecule has 3 nitrogen and oxygen atoms in total. The maximum Gasteiger partial charge on any atom is 0.0834 e. The quantitative estimate of drug-likeness (QED) is 0.323. The van der Waals surface area contributed by atoms with Gasteiger partial charge in [0.05, 0.1) is 17.9 Å². The molecule has 0 spiro atoms. The molecule has 0 unspecified atom stereocenters. The molecule has 139 valence electrons. The summed E-state index contributed by atoms with van der Waals surface area (Å²) in [5, 5.41) is 5.45. The second kappa shape index (κ2) is 8.08. The maximum atomic E-state index is 6.50. The molecule has 2 heterocycles. The Bertz CT molecular complexity index is 1120. The average Bonchev–Trinajstić information content (AvgIpc) is 3.17. The first-order valence-electron chi connectivity index (χ1n) is 8.56. The van der Waals surface area contributed by atoms with Crippen molar-refractivity contribution in [3.8, 4) is 22.4 Å². The SMILES string of the molecule is [CH2]c1cc(-c2ccc(Cl)cc2Cl)c(-c2ccc(Br)cc2)nc1Cn1cccn1. The van der Waals surface area contributed by atoms with Crippen molar-refractivity contribution >= 4 is 39.1 Å². The highest BCUT2D eigenvalue weighted by Gasteiger charge is 2.16. The van der Waals surface area contributed by atoms with E-state index >= 15 is 0 Å². The largest absolute Gasteiger partial charge is 0.267 e. The van der Waals surface area contributed by atoms with Crippen LogP contribution in [0, 0.1) is 6.92 Å². The van der Waals surface area contributed by atoms with E-state index in [1.807, 2.05) is 59.4 Å². The zero-order chi connectivity index (χ0) is 19.7. The third kappa shape index (κ3) is 4.00. The maximum absolute atomic E-state index is 6.50. The van der Waals surface area contributed by atoms with Gasteiger partial charge in [-0.2, -0.15) is 5.10 Å². The van der Waals surface area contributed by atoms with Crippen LogP contribution in [0.4, 0.5) is 0 Å². The summed E-state index contributed by atoms with van der Waals surface area (Å²) >= 11 is 16.1. The summed E-state index contributed by atoms with van der Waals surface area (Å²) < 4.78 is 2.84. The Balaban J connectivity index is 1.91.